The zero-order valence-corrected chi connectivity index (χ0v) is 13.4. The number of hydrogen-bond donors (Lipinski definition) is 1. The molecule has 0 radical (unpaired) electrons. The number of aromatic nitrogens is 3. The molecule has 1 atom stereocenters. The van der Waals surface area contributed by atoms with Gasteiger partial charge in [-0.05, 0) is 25.1 Å². The van der Waals surface area contributed by atoms with Gasteiger partial charge in [0, 0.05) is 33.9 Å². The molecule has 21 heavy (non-hydrogen) atoms. The molecule has 2 aromatic heterocycles. The quantitative estimate of drug-likeness (QED) is 0.780. The Labute approximate surface area is 132 Å². The van der Waals surface area contributed by atoms with Crippen molar-refractivity contribution in [2.45, 2.75) is 19.8 Å². The minimum absolute atomic E-state index is 0.334. The Bertz CT molecular complexity index is 771. The maximum absolute atomic E-state index is 5.99. The maximum Gasteiger partial charge on any atom is 0.137 e. The molecule has 0 aliphatic carbocycles. The van der Waals surface area contributed by atoms with Gasteiger partial charge in [0.05, 0.1) is 10.5 Å². The second-order valence-electron chi connectivity index (χ2n) is 4.97. The molecule has 108 valence electrons. The van der Waals surface area contributed by atoms with Crippen molar-refractivity contribution in [1.82, 2.24) is 15.0 Å². The van der Waals surface area contributed by atoms with Gasteiger partial charge >= 0.3 is 0 Å². The third-order valence-electron chi connectivity index (χ3n) is 3.23. The van der Waals surface area contributed by atoms with Gasteiger partial charge in [0.25, 0.3) is 0 Å². The van der Waals surface area contributed by atoms with Crippen molar-refractivity contribution >= 4 is 39.7 Å². The minimum atomic E-state index is 0.334. The van der Waals surface area contributed by atoms with Crippen molar-refractivity contribution in [3.8, 4) is 0 Å². The zero-order valence-electron chi connectivity index (χ0n) is 11.8. The fraction of sp³-hybridized carbons (Fsp3) is 0.267. The van der Waals surface area contributed by atoms with Gasteiger partial charge in [0.1, 0.15) is 12.1 Å². The molecular formula is C15H15ClN4S. The van der Waals surface area contributed by atoms with Crippen LogP contribution in [0.1, 0.15) is 22.7 Å². The van der Waals surface area contributed by atoms with Gasteiger partial charge in [0.2, 0.25) is 0 Å². The molecule has 0 aliphatic rings. The lowest BCUT2D eigenvalue weighted by atomic mass is 10.2. The number of hydrogen-bond acceptors (Lipinski definition) is 5. The standard InChI is InChI=1S/C15H15ClN4S/c1-9(15-18-7-10(2)21-15)6-17-14-12-4-3-11(16)5-13(12)19-8-20-14/h3-5,7-9H,6H2,1-2H3,(H,17,19,20). The molecule has 0 spiro atoms. The summed E-state index contributed by atoms with van der Waals surface area (Å²) >= 11 is 7.73. The van der Waals surface area contributed by atoms with E-state index in [1.165, 1.54) is 4.88 Å². The van der Waals surface area contributed by atoms with Crippen LogP contribution in [0, 0.1) is 6.92 Å². The lowest BCUT2D eigenvalue weighted by molar-refractivity contribution is 0.792. The number of aryl methyl sites for hydroxylation is 1. The van der Waals surface area contributed by atoms with Crippen molar-refractivity contribution < 1.29 is 0 Å². The molecule has 4 nitrogen and oxygen atoms in total. The molecular weight excluding hydrogens is 304 g/mol. The second-order valence-corrected chi connectivity index (χ2v) is 6.68. The number of anilines is 1. The number of thiazole rings is 1. The molecule has 1 aromatic carbocycles. The average Bonchev–Trinajstić information content (AvgIpc) is 2.91. The average molecular weight is 319 g/mol. The van der Waals surface area contributed by atoms with E-state index in [1.807, 2.05) is 24.4 Å². The summed E-state index contributed by atoms with van der Waals surface area (Å²) in [5.74, 6) is 1.16. The molecule has 6 heteroatoms. The van der Waals surface area contributed by atoms with Gasteiger partial charge in [0.15, 0.2) is 0 Å². The molecule has 0 fully saturated rings. The van der Waals surface area contributed by atoms with E-state index in [-0.39, 0.29) is 0 Å². The van der Waals surface area contributed by atoms with Gasteiger partial charge < -0.3 is 5.32 Å². The highest BCUT2D eigenvalue weighted by molar-refractivity contribution is 7.11. The molecule has 0 saturated carbocycles. The Morgan fingerprint density at radius 1 is 1.29 bits per heavy atom. The lowest BCUT2D eigenvalue weighted by Gasteiger charge is -2.12. The highest BCUT2D eigenvalue weighted by Crippen LogP contribution is 2.25. The molecule has 3 rings (SSSR count). The molecule has 2 heterocycles. The van der Waals surface area contributed by atoms with Crippen LogP contribution in [0.15, 0.2) is 30.7 Å². The van der Waals surface area contributed by atoms with Gasteiger partial charge in [-0.15, -0.1) is 11.3 Å². The second kappa shape index (κ2) is 5.95. The summed E-state index contributed by atoms with van der Waals surface area (Å²) < 4.78 is 0. The van der Waals surface area contributed by atoms with E-state index < -0.39 is 0 Å². The third kappa shape index (κ3) is 3.14. The SMILES string of the molecule is Cc1cnc(C(C)CNc2ncnc3cc(Cl)ccc23)s1. The Morgan fingerprint density at radius 2 is 2.14 bits per heavy atom. The Morgan fingerprint density at radius 3 is 2.90 bits per heavy atom. The molecule has 0 bridgehead atoms. The van der Waals surface area contributed by atoms with Gasteiger partial charge in [-0.2, -0.15) is 0 Å². The Kier molecular flexibility index (Phi) is 4.03. The Hall–Kier alpha value is -1.72. The van der Waals surface area contributed by atoms with E-state index in [1.54, 1.807) is 17.7 Å². The van der Waals surface area contributed by atoms with Crippen LogP contribution in [0.25, 0.3) is 10.9 Å². The van der Waals surface area contributed by atoms with Crippen LogP contribution in [0.2, 0.25) is 5.02 Å². The van der Waals surface area contributed by atoms with Crippen LogP contribution in [-0.4, -0.2) is 21.5 Å². The summed E-state index contributed by atoms with van der Waals surface area (Å²) in [6.45, 7) is 5.01. The zero-order chi connectivity index (χ0) is 14.8. The molecule has 0 saturated heterocycles. The van der Waals surface area contributed by atoms with Crippen LogP contribution < -0.4 is 5.32 Å². The summed E-state index contributed by atoms with van der Waals surface area (Å²) in [5.41, 5.74) is 0.845. The number of benzene rings is 1. The van der Waals surface area contributed by atoms with Crippen molar-refractivity contribution in [1.29, 1.82) is 0 Å². The topological polar surface area (TPSA) is 50.7 Å². The van der Waals surface area contributed by atoms with Crippen molar-refractivity contribution in [2.24, 2.45) is 0 Å². The fourth-order valence-corrected chi connectivity index (χ4v) is 3.10. The predicted molar refractivity (Wildman–Crippen MR) is 88.3 cm³/mol. The molecule has 1 N–H and O–H groups in total. The first-order chi connectivity index (χ1) is 10.1. The summed E-state index contributed by atoms with van der Waals surface area (Å²) in [6, 6.07) is 5.64. The van der Waals surface area contributed by atoms with Crippen molar-refractivity contribution in [3.63, 3.8) is 0 Å². The summed E-state index contributed by atoms with van der Waals surface area (Å²) in [5, 5.41) is 6.18. The number of nitrogens with zero attached hydrogens (tertiary/aromatic N) is 3. The van der Waals surface area contributed by atoms with E-state index >= 15 is 0 Å². The van der Waals surface area contributed by atoms with Crippen LogP contribution in [-0.2, 0) is 0 Å². The number of rotatable bonds is 4. The highest BCUT2D eigenvalue weighted by Gasteiger charge is 2.11. The summed E-state index contributed by atoms with van der Waals surface area (Å²) in [4.78, 5) is 14.2. The fourth-order valence-electron chi connectivity index (χ4n) is 2.11. The highest BCUT2D eigenvalue weighted by atomic mass is 35.5. The smallest absolute Gasteiger partial charge is 0.137 e. The van der Waals surface area contributed by atoms with E-state index in [4.69, 9.17) is 11.6 Å². The van der Waals surface area contributed by atoms with Crippen molar-refractivity contribution in [2.75, 3.05) is 11.9 Å². The van der Waals surface area contributed by atoms with E-state index in [9.17, 15) is 0 Å². The molecule has 0 amide bonds. The first kappa shape index (κ1) is 14.2. The summed E-state index contributed by atoms with van der Waals surface area (Å²) in [6.07, 6.45) is 3.47. The molecule has 3 aromatic rings. The number of halogens is 1. The Balaban J connectivity index is 1.79. The largest absolute Gasteiger partial charge is 0.369 e. The van der Waals surface area contributed by atoms with Crippen LogP contribution in [0.4, 0.5) is 5.82 Å². The van der Waals surface area contributed by atoms with Gasteiger partial charge in [-0.25, -0.2) is 15.0 Å². The van der Waals surface area contributed by atoms with Gasteiger partial charge in [-0.1, -0.05) is 18.5 Å². The first-order valence-electron chi connectivity index (χ1n) is 6.70. The normalized spacial score (nSPS) is 12.5. The van der Waals surface area contributed by atoms with E-state index in [0.717, 1.165) is 28.3 Å². The summed E-state index contributed by atoms with van der Waals surface area (Å²) in [7, 11) is 0. The lowest BCUT2D eigenvalue weighted by Crippen LogP contribution is -2.11. The number of fused-ring (bicyclic) bond motifs is 1. The molecule has 0 aliphatic heterocycles. The first-order valence-corrected chi connectivity index (χ1v) is 7.89. The van der Waals surface area contributed by atoms with E-state index in [2.05, 4.69) is 34.1 Å². The number of nitrogens with one attached hydrogen (secondary N) is 1. The van der Waals surface area contributed by atoms with Crippen molar-refractivity contribution in [3.05, 3.63) is 45.6 Å². The predicted octanol–water partition coefficient (Wildman–Crippen LogP) is 4.26. The van der Waals surface area contributed by atoms with Crippen LogP contribution in [0.5, 0.6) is 0 Å². The maximum atomic E-state index is 5.99. The van der Waals surface area contributed by atoms with Gasteiger partial charge in [-0.3, -0.25) is 0 Å². The van der Waals surface area contributed by atoms with Crippen LogP contribution >= 0.6 is 22.9 Å². The monoisotopic (exact) mass is 318 g/mol. The van der Waals surface area contributed by atoms with E-state index in [0.29, 0.717) is 10.9 Å². The third-order valence-corrected chi connectivity index (χ3v) is 4.61. The molecule has 1 unspecified atom stereocenters. The van der Waals surface area contributed by atoms with Crippen LogP contribution in [0.3, 0.4) is 0 Å². The minimum Gasteiger partial charge on any atom is -0.369 e.